The molecule has 2 aliphatic heterocycles. The second kappa shape index (κ2) is 6.32. The molecule has 0 unspecified atom stereocenters. The highest BCUT2D eigenvalue weighted by atomic mass is 79.9. The quantitative estimate of drug-likeness (QED) is 0.720. The summed E-state index contributed by atoms with van der Waals surface area (Å²) in [5.74, 6) is 0.588. The average Bonchev–Trinajstić information content (AvgIpc) is 3.21. The molecule has 142 valence electrons. The van der Waals surface area contributed by atoms with Gasteiger partial charge >= 0.3 is 0 Å². The van der Waals surface area contributed by atoms with E-state index in [2.05, 4.69) is 15.9 Å². The van der Waals surface area contributed by atoms with Crippen molar-refractivity contribution in [1.29, 1.82) is 0 Å². The van der Waals surface area contributed by atoms with Gasteiger partial charge in [-0.05, 0) is 54.4 Å². The van der Waals surface area contributed by atoms with E-state index in [9.17, 15) is 13.2 Å². The van der Waals surface area contributed by atoms with E-state index in [-0.39, 0.29) is 17.3 Å². The number of amides is 1. The highest BCUT2D eigenvalue weighted by molar-refractivity contribution is 9.10. The summed E-state index contributed by atoms with van der Waals surface area (Å²) in [6.07, 6.45) is 0.450. The van der Waals surface area contributed by atoms with Crippen LogP contribution in [0.3, 0.4) is 0 Å². The third-order valence-corrected chi connectivity index (χ3v) is 7.87. The third-order valence-electron chi connectivity index (χ3n) is 5.48. The molecule has 2 aromatic carbocycles. The van der Waals surface area contributed by atoms with E-state index in [1.807, 2.05) is 18.2 Å². The van der Waals surface area contributed by atoms with E-state index in [1.54, 1.807) is 43.3 Å². The van der Waals surface area contributed by atoms with Crippen LogP contribution < -0.4 is 9.64 Å². The fourth-order valence-corrected chi connectivity index (χ4v) is 5.76. The van der Waals surface area contributed by atoms with Crippen LogP contribution in [0.5, 0.6) is 5.75 Å². The zero-order valence-corrected chi connectivity index (χ0v) is 17.4. The number of methoxy groups -OCH3 is 1. The lowest BCUT2D eigenvalue weighted by Crippen LogP contribution is -2.42. The minimum atomic E-state index is -3.67. The Morgan fingerprint density at radius 1 is 1.15 bits per heavy atom. The first-order valence-electron chi connectivity index (χ1n) is 8.52. The fraction of sp³-hybridized carbons (Fsp3) is 0.316. The van der Waals surface area contributed by atoms with Gasteiger partial charge in [0.05, 0.1) is 17.4 Å². The molecule has 6 nitrogen and oxygen atoms in total. The number of nitrogens with zero attached hydrogens (tertiary/aromatic N) is 2. The van der Waals surface area contributed by atoms with Gasteiger partial charge in [0.25, 0.3) is 0 Å². The van der Waals surface area contributed by atoms with E-state index in [0.717, 1.165) is 15.7 Å². The summed E-state index contributed by atoms with van der Waals surface area (Å²) < 4.78 is 33.7. The smallest absolute Gasteiger partial charge is 0.243 e. The molecule has 1 spiro atoms. The molecule has 2 aliphatic rings. The Kier molecular flexibility index (Phi) is 4.32. The molecule has 0 saturated carbocycles. The predicted molar refractivity (Wildman–Crippen MR) is 106 cm³/mol. The number of rotatable bonds is 3. The van der Waals surface area contributed by atoms with Gasteiger partial charge in [-0.15, -0.1) is 0 Å². The minimum absolute atomic E-state index is 0.0701. The third kappa shape index (κ3) is 2.69. The lowest BCUT2D eigenvalue weighted by atomic mass is 9.81. The topological polar surface area (TPSA) is 66.9 Å². The van der Waals surface area contributed by atoms with E-state index < -0.39 is 15.4 Å². The molecule has 1 atom stereocenters. The van der Waals surface area contributed by atoms with Gasteiger partial charge in [0.15, 0.2) is 0 Å². The van der Waals surface area contributed by atoms with Crippen LogP contribution in [0.15, 0.2) is 51.8 Å². The van der Waals surface area contributed by atoms with Crippen LogP contribution >= 0.6 is 15.9 Å². The lowest BCUT2D eigenvalue weighted by molar-refractivity contribution is -0.122. The van der Waals surface area contributed by atoms with E-state index in [4.69, 9.17) is 4.74 Å². The van der Waals surface area contributed by atoms with Gasteiger partial charge in [-0.25, -0.2) is 8.42 Å². The molecule has 0 bridgehead atoms. The van der Waals surface area contributed by atoms with Gasteiger partial charge in [0.1, 0.15) is 5.75 Å². The molecule has 1 fully saturated rings. The Balaban J connectivity index is 1.74. The SMILES string of the molecule is COc1ccc2c(c1)[C@]1(CCN(S(=O)(=O)c3ccc(Br)cc3)C1)C(=O)N2C. The number of fused-ring (bicyclic) bond motifs is 2. The zero-order chi connectivity index (χ0) is 19.4. The molecule has 8 heteroatoms. The molecule has 1 saturated heterocycles. The Morgan fingerprint density at radius 3 is 2.52 bits per heavy atom. The maximum Gasteiger partial charge on any atom is 0.243 e. The van der Waals surface area contributed by atoms with Crippen LogP contribution in [0.25, 0.3) is 0 Å². The normalized spacial score (nSPS) is 22.5. The van der Waals surface area contributed by atoms with Crippen molar-refractivity contribution in [2.24, 2.45) is 0 Å². The minimum Gasteiger partial charge on any atom is -0.497 e. The van der Waals surface area contributed by atoms with Crippen molar-refractivity contribution in [2.75, 3.05) is 32.1 Å². The Morgan fingerprint density at radius 2 is 1.85 bits per heavy atom. The monoisotopic (exact) mass is 450 g/mol. The van der Waals surface area contributed by atoms with Crippen molar-refractivity contribution in [3.05, 3.63) is 52.5 Å². The van der Waals surface area contributed by atoms with Gasteiger partial charge in [-0.1, -0.05) is 15.9 Å². The van der Waals surface area contributed by atoms with Gasteiger partial charge in [0, 0.05) is 30.3 Å². The lowest BCUT2D eigenvalue weighted by Gasteiger charge is -2.23. The number of ether oxygens (including phenoxy) is 1. The molecular formula is C19H19BrN2O4S. The second-order valence-corrected chi connectivity index (χ2v) is 9.73. The highest BCUT2D eigenvalue weighted by Gasteiger charge is 2.55. The maximum absolute atomic E-state index is 13.1. The van der Waals surface area contributed by atoms with Gasteiger partial charge < -0.3 is 9.64 Å². The van der Waals surface area contributed by atoms with E-state index in [1.165, 1.54) is 4.31 Å². The highest BCUT2D eigenvalue weighted by Crippen LogP contribution is 2.48. The molecule has 4 rings (SSSR count). The van der Waals surface area contributed by atoms with Crippen LogP contribution in [-0.2, 0) is 20.2 Å². The molecule has 2 aromatic rings. The number of anilines is 1. The van der Waals surface area contributed by atoms with Crippen molar-refractivity contribution < 1.29 is 17.9 Å². The van der Waals surface area contributed by atoms with Gasteiger partial charge in [-0.2, -0.15) is 4.31 Å². The molecule has 2 heterocycles. The number of carbonyl (C=O) groups excluding carboxylic acids is 1. The number of likely N-dealkylation sites (N-methyl/N-ethyl adjacent to an activating group) is 1. The van der Waals surface area contributed by atoms with Crippen molar-refractivity contribution >= 4 is 37.5 Å². The van der Waals surface area contributed by atoms with Gasteiger partial charge in [-0.3, -0.25) is 4.79 Å². The molecular weight excluding hydrogens is 432 g/mol. The van der Waals surface area contributed by atoms with Crippen LogP contribution in [0.1, 0.15) is 12.0 Å². The maximum atomic E-state index is 13.1. The largest absolute Gasteiger partial charge is 0.497 e. The van der Waals surface area contributed by atoms with Crippen LogP contribution in [0.2, 0.25) is 0 Å². The fourth-order valence-electron chi connectivity index (χ4n) is 3.99. The summed E-state index contributed by atoms with van der Waals surface area (Å²) in [6.45, 7) is 0.434. The Bertz CT molecular complexity index is 1020. The number of hydrogen-bond acceptors (Lipinski definition) is 4. The summed E-state index contributed by atoms with van der Waals surface area (Å²) in [7, 11) is -0.360. The number of halogens is 1. The number of sulfonamides is 1. The van der Waals surface area contributed by atoms with Crippen LogP contribution in [0.4, 0.5) is 5.69 Å². The van der Waals surface area contributed by atoms with Crippen molar-refractivity contribution in [3.63, 3.8) is 0 Å². The Labute approximate surface area is 166 Å². The van der Waals surface area contributed by atoms with Crippen molar-refractivity contribution in [1.82, 2.24) is 4.31 Å². The number of benzene rings is 2. The van der Waals surface area contributed by atoms with Crippen molar-refractivity contribution in [3.8, 4) is 5.75 Å². The first-order chi connectivity index (χ1) is 12.8. The van der Waals surface area contributed by atoms with Crippen LogP contribution in [-0.4, -0.2) is 45.9 Å². The summed E-state index contributed by atoms with van der Waals surface area (Å²) in [5.41, 5.74) is 0.785. The first-order valence-corrected chi connectivity index (χ1v) is 10.8. The molecule has 1 amide bonds. The average molecular weight is 451 g/mol. The predicted octanol–water partition coefficient (Wildman–Crippen LogP) is 2.77. The van der Waals surface area contributed by atoms with E-state index in [0.29, 0.717) is 18.7 Å². The summed E-state index contributed by atoms with van der Waals surface area (Å²) in [5, 5.41) is 0. The summed E-state index contributed by atoms with van der Waals surface area (Å²) >= 11 is 3.32. The second-order valence-electron chi connectivity index (χ2n) is 6.87. The first kappa shape index (κ1) is 18.5. The van der Waals surface area contributed by atoms with E-state index >= 15 is 0 Å². The van der Waals surface area contributed by atoms with Gasteiger partial charge in [0.2, 0.25) is 15.9 Å². The zero-order valence-electron chi connectivity index (χ0n) is 15.0. The van der Waals surface area contributed by atoms with Crippen LogP contribution in [0, 0.1) is 0 Å². The Hall–Kier alpha value is -1.90. The molecule has 0 radical (unpaired) electrons. The summed E-state index contributed by atoms with van der Waals surface area (Å²) in [6, 6.07) is 12.1. The molecule has 0 aliphatic carbocycles. The number of hydrogen-bond donors (Lipinski definition) is 0. The standard InChI is InChI=1S/C19H19BrN2O4S/c1-21-17-8-5-14(26-2)11-16(17)19(18(21)23)9-10-22(12-19)27(24,25)15-6-3-13(20)4-7-15/h3-8,11H,9-10,12H2,1-2H3/t19-/m1/s1. The molecule has 0 N–H and O–H groups in total. The number of carbonyl (C=O) groups is 1. The molecule has 27 heavy (non-hydrogen) atoms. The van der Waals surface area contributed by atoms with Crippen molar-refractivity contribution in [2.45, 2.75) is 16.7 Å². The summed E-state index contributed by atoms with van der Waals surface area (Å²) in [4.78, 5) is 14.9. The molecule has 0 aromatic heterocycles.